The van der Waals surface area contributed by atoms with E-state index in [1.54, 1.807) is 51.8 Å². The Kier molecular flexibility index (Phi) is 5.36. The third kappa shape index (κ3) is 3.76. The monoisotopic (exact) mass is 410 g/mol. The fraction of sp³-hybridized carbons (Fsp3) is 0.190. The summed E-state index contributed by atoms with van der Waals surface area (Å²) >= 11 is 3.24. The van der Waals surface area contributed by atoms with Crippen molar-refractivity contribution in [3.05, 3.63) is 80.2 Å². The van der Waals surface area contributed by atoms with Crippen molar-refractivity contribution in [2.75, 3.05) is 13.1 Å². The number of rotatable bonds is 7. The van der Waals surface area contributed by atoms with Gasteiger partial charge in [-0.25, -0.2) is 0 Å². The van der Waals surface area contributed by atoms with Crippen LogP contribution in [0, 0.1) is 0 Å². The molecule has 0 unspecified atom stereocenters. The molecule has 0 atom stereocenters. The minimum Gasteiger partial charge on any atom is -0.336 e. The lowest BCUT2D eigenvalue weighted by Gasteiger charge is -2.24. The van der Waals surface area contributed by atoms with Crippen molar-refractivity contribution in [2.45, 2.75) is 13.0 Å². The van der Waals surface area contributed by atoms with Crippen molar-refractivity contribution in [1.82, 2.24) is 9.80 Å². The Bertz CT molecular complexity index is 962. The minimum atomic E-state index is -0.400. The lowest BCUT2D eigenvalue weighted by atomic mass is 10.1. The summed E-state index contributed by atoms with van der Waals surface area (Å²) in [5.41, 5.74) is 0.729. The third-order valence-corrected chi connectivity index (χ3v) is 6.46. The van der Waals surface area contributed by atoms with Crippen LogP contribution in [0.2, 0.25) is 0 Å². The maximum atomic E-state index is 13.0. The molecule has 3 heterocycles. The predicted octanol–water partition coefficient (Wildman–Crippen LogP) is 3.68. The molecule has 142 valence electrons. The average molecular weight is 411 g/mol. The summed E-state index contributed by atoms with van der Waals surface area (Å²) in [6.45, 7) is 0.785. The molecule has 5 nitrogen and oxygen atoms in total. The van der Waals surface area contributed by atoms with Gasteiger partial charge in [0.15, 0.2) is 0 Å². The summed E-state index contributed by atoms with van der Waals surface area (Å²) in [5, 5.41) is 3.99. The average Bonchev–Trinajstić information content (AvgIpc) is 3.45. The van der Waals surface area contributed by atoms with Gasteiger partial charge >= 0.3 is 0 Å². The maximum Gasteiger partial charge on any atom is 0.262 e. The number of thiophene rings is 2. The van der Waals surface area contributed by atoms with Gasteiger partial charge < -0.3 is 4.90 Å². The van der Waals surface area contributed by atoms with Gasteiger partial charge in [0.25, 0.3) is 11.8 Å². The Hall–Kier alpha value is -2.77. The number of carbonyl (C=O) groups excluding carboxylic acids is 3. The van der Waals surface area contributed by atoms with Gasteiger partial charge in [0.2, 0.25) is 5.91 Å². The van der Waals surface area contributed by atoms with Gasteiger partial charge in [0, 0.05) is 16.3 Å². The molecule has 0 radical (unpaired) electrons. The van der Waals surface area contributed by atoms with E-state index in [4.69, 9.17) is 0 Å². The molecule has 3 amide bonds. The first-order chi connectivity index (χ1) is 13.6. The Morgan fingerprint density at radius 3 is 2.04 bits per heavy atom. The van der Waals surface area contributed by atoms with Crippen molar-refractivity contribution >= 4 is 40.4 Å². The van der Waals surface area contributed by atoms with Crippen molar-refractivity contribution in [2.24, 2.45) is 0 Å². The first-order valence-electron chi connectivity index (χ1n) is 8.91. The summed E-state index contributed by atoms with van der Waals surface area (Å²) in [4.78, 5) is 43.2. The molecule has 0 bridgehead atoms. The number of hydrogen-bond acceptors (Lipinski definition) is 5. The fourth-order valence-corrected chi connectivity index (χ4v) is 4.62. The Balaban J connectivity index is 1.49. The van der Waals surface area contributed by atoms with Gasteiger partial charge in [0.05, 0.1) is 17.7 Å². The molecule has 1 aromatic carbocycles. The van der Waals surface area contributed by atoms with E-state index in [1.807, 2.05) is 35.0 Å². The van der Waals surface area contributed by atoms with E-state index in [-0.39, 0.29) is 12.5 Å². The normalized spacial score (nSPS) is 13.1. The van der Waals surface area contributed by atoms with E-state index in [0.29, 0.717) is 24.2 Å². The molecule has 3 aromatic rings. The van der Waals surface area contributed by atoms with Gasteiger partial charge in [-0.05, 0) is 41.4 Å². The molecule has 1 aliphatic rings. The highest BCUT2D eigenvalue weighted by Crippen LogP contribution is 2.23. The highest BCUT2D eigenvalue weighted by Gasteiger charge is 2.37. The first-order valence-corrected chi connectivity index (χ1v) is 10.7. The number of amides is 3. The van der Waals surface area contributed by atoms with Crippen LogP contribution >= 0.6 is 22.7 Å². The molecule has 2 aromatic heterocycles. The molecule has 0 spiro atoms. The predicted molar refractivity (Wildman–Crippen MR) is 110 cm³/mol. The number of benzene rings is 1. The highest BCUT2D eigenvalue weighted by atomic mass is 32.1. The number of carbonyl (C=O) groups is 3. The highest BCUT2D eigenvalue weighted by molar-refractivity contribution is 7.10. The summed E-state index contributed by atoms with van der Waals surface area (Å²) < 4.78 is 0. The van der Waals surface area contributed by atoms with Crippen LogP contribution in [0.15, 0.2) is 59.3 Å². The Morgan fingerprint density at radius 1 is 0.857 bits per heavy atom. The molecule has 0 N–H and O–H groups in total. The zero-order valence-electron chi connectivity index (χ0n) is 15.0. The summed E-state index contributed by atoms with van der Waals surface area (Å²) in [6, 6.07) is 14.7. The Labute approximate surface area is 170 Å². The molecule has 4 rings (SSSR count). The molecular weight excluding hydrogens is 392 g/mol. The maximum absolute atomic E-state index is 13.0. The molecule has 7 heteroatoms. The molecule has 0 saturated carbocycles. The van der Waals surface area contributed by atoms with Crippen LogP contribution < -0.4 is 0 Å². The van der Waals surface area contributed by atoms with E-state index in [9.17, 15) is 14.4 Å². The van der Waals surface area contributed by atoms with Crippen molar-refractivity contribution in [3.63, 3.8) is 0 Å². The lowest BCUT2D eigenvalue weighted by Crippen LogP contribution is -2.43. The fourth-order valence-electron chi connectivity index (χ4n) is 3.20. The number of imide groups is 1. The minimum absolute atomic E-state index is 0.223. The molecule has 0 saturated heterocycles. The summed E-state index contributed by atoms with van der Waals surface area (Å²) in [5.74, 6) is -1.02. The van der Waals surface area contributed by atoms with E-state index in [0.717, 1.165) is 16.2 Å². The summed E-state index contributed by atoms with van der Waals surface area (Å²) in [6.07, 6.45) is 0.747. The number of fused-ring (bicyclic) bond motifs is 1. The zero-order chi connectivity index (χ0) is 19.5. The van der Waals surface area contributed by atoms with Crippen molar-refractivity contribution < 1.29 is 14.4 Å². The van der Waals surface area contributed by atoms with Crippen LogP contribution in [0.25, 0.3) is 0 Å². The second-order valence-electron chi connectivity index (χ2n) is 6.47. The largest absolute Gasteiger partial charge is 0.336 e. The number of hydrogen-bond donors (Lipinski definition) is 0. The van der Waals surface area contributed by atoms with Gasteiger partial charge in [-0.1, -0.05) is 24.3 Å². The smallest absolute Gasteiger partial charge is 0.262 e. The second kappa shape index (κ2) is 8.08. The molecule has 28 heavy (non-hydrogen) atoms. The van der Waals surface area contributed by atoms with Crippen LogP contribution in [0.5, 0.6) is 0 Å². The third-order valence-electron chi connectivity index (χ3n) is 4.66. The van der Waals surface area contributed by atoms with Gasteiger partial charge in [0.1, 0.15) is 6.54 Å². The standard InChI is InChI=1S/C21H18N2O3S2/c24-19(14-23-20(25)17-7-1-2-8-18(17)21(23)26)22(13-16-6-4-12-28-16)10-9-15-5-3-11-27-15/h1-8,11-12H,9-10,13-14H2. The van der Waals surface area contributed by atoms with Gasteiger partial charge in [-0.15, -0.1) is 22.7 Å². The molecular formula is C21H18N2O3S2. The van der Waals surface area contributed by atoms with E-state index < -0.39 is 11.8 Å². The van der Waals surface area contributed by atoms with Crippen molar-refractivity contribution in [3.8, 4) is 0 Å². The van der Waals surface area contributed by atoms with Crippen LogP contribution in [0.4, 0.5) is 0 Å². The zero-order valence-corrected chi connectivity index (χ0v) is 16.7. The van der Waals surface area contributed by atoms with Crippen molar-refractivity contribution in [1.29, 1.82) is 0 Å². The van der Waals surface area contributed by atoms with E-state index >= 15 is 0 Å². The number of nitrogens with zero attached hydrogens (tertiary/aromatic N) is 2. The Morgan fingerprint density at radius 2 is 1.46 bits per heavy atom. The second-order valence-corrected chi connectivity index (χ2v) is 8.53. The van der Waals surface area contributed by atoms with Crippen LogP contribution in [0.3, 0.4) is 0 Å². The van der Waals surface area contributed by atoms with Gasteiger partial charge in [-0.2, -0.15) is 0 Å². The van der Waals surface area contributed by atoms with E-state index in [2.05, 4.69) is 0 Å². The van der Waals surface area contributed by atoms with Crippen LogP contribution in [-0.4, -0.2) is 40.6 Å². The molecule has 1 aliphatic heterocycles. The van der Waals surface area contributed by atoms with Gasteiger partial charge in [-0.3, -0.25) is 19.3 Å². The molecule has 0 fully saturated rings. The quantitative estimate of drug-likeness (QED) is 0.559. The first kappa shape index (κ1) is 18.6. The lowest BCUT2D eigenvalue weighted by molar-refractivity contribution is -0.132. The SMILES string of the molecule is O=C(CN1C(=O)c2ccccc2C1=O)N(CCc1cccs1)Cc1cccs1. The molecule has 0 aliphatic carbocycles. The topological polar surface area (TPSA) is 57.7 Å². The summed E-state index contributed by atoms with van der Waals surface area (Å²) in [7, 11) is 0. The van der Waals surface area contributed by atoms with E-state index in [1.165, 1.54) is 4.88 Å². The van der Waals surface area contributed by atoms with Crippen LogP contribution in [0.1, 0.15) is 30.5 Å². The van der Waals surface area contributed by atoms with Crippen LogP contribution in [-0.2, 0) is 17.8 Å².